The van der Waals surface area contributed by atoms with Gasteiger partial charge in [0.05, 0.1) is 19.8 Å². The van der Waals surface area contributed by atoms with Crippen LogP contribution in [0.4, 0.5) is 5.69 Å². The van der Waals surface area contributed by atoms with Gasteiger partial charge < -0.3 is 20.2 Å². The lowest BCUT2D eigenvalue weighted by atomic mass is 10.1. The quantitative estimate of drug-likeness (QED) is 0.789. The van der Waals surface area contributed by atoms with E-state index in [4.69, 9.17) is 10.2 Å². The van der Waals surface area contributed by atoms with Crippen LogP contribution >= 0.6 is 0 Å². The van der Waals surface area contributed by atoms with Crippen molar-refractivity contribution in [3.8, 4) is 0 Å². The van der Waals surface area contributed by atoms with Crippen LogP contribution in [0.1, 0.15) is 21.7 Å². The molecule has 2 aromatic rings. The number of furan rings is 1. The van der Waals surface area contributed by atoms with Crippen LogP contribution in [0.5, 0.6) is 0 Å². The number of hydrogen-bond donors (Lipinski definition) is 2. The van der Waals surface area contributed by atoms with E-state index >= 15 is 0 Å². The highest BCUT2D eigenvalue weighted by Gasteiger charge is 2.15. The molecule has 0 aliphatic heterocycles. The normalized spacial score (nSPS) is 10.1. The fourth-order valence-corrected chi connectivity index (χ4v) is 1.89. The Kier molecular flexibility index (Phi) is 4.61. The number of carbonyl (C=O) groups excluding carboxylic acids is 2. The molecule has 0 aliphatic carbocycles. The number of esters is 1. The molecule has 0 unspecified atom stereocenters. The SMILES string of the molecule is COC(=O)c1occc1CNc1ccc(CC(N)=O)cc1. The van der Waals surface area contributed by atoms with Crippen molar-refractivity contribution >= 4 is 17.6 Å². The van der Waals surface area contributed by atoms with E-state index in [1.54, 1.807) is 6.07 Å². The summed E-state index contributed by atoms with van der Waals surface area (Å²) in [4.78, 5) is 22.3. The van der Waals surface area contributed by atoms with Crippen LogP contribution in [-0.4, -0.2) is 19.0 Å². The zero-order valence-corrected chi connectivity index (χ0v) is 11.6. The minimum Gasteiger partial charge on any atom is -0.463 e. The second kappa shape index (κ2) is 6.60. The largest absolute Gasteiger partial charge is 0.463 e. The van der Waals surface area contributed by atoms with E-state index in [0.29, 0.717) is 12.1 Å². The Morgan fingerprint density at radius 2 is 1.95 bits per heavy atom. The molecule has 3 N–H and O–H groups in total. The van der Waals surface area contributed by atoms with Gasteiger partial charge in [-0.1, -0.05) is 12.1 Å². The summed E-state index contributed by atoms with van der Waals surface area (Å²) in [5.41, 5.74) is 7.56. The summed E-state index contributed by atoms with van der Waals surface area (Å²) in [5.74, 6) is -0.680. The Morgan fingerprint density at radius 1 is 1.24 bits per heavy atom. The van der Waals surface area contributed by atoms with E-state index < -0.39 is 5.97 Å². The highest BCUT2D eigenvalue weighted by atomic mass is 16.5. The number of anilines is 1. The Labute approximate surface area is 121 Å². The molecule has 21 heavy (non-hydrogen) atoms. The van der Waals surface area contributed by atoms with Crippen LogP contribution in [0.15, 0.2) is 41.0 Å². The smallest absolute Gasteiger partial charge is 0.374 e. The van der Waals surface area contributed by atoms with Crippen LogP contribution < -0.4 is 11.1 Å². The molecule has 0 radical (unpaired) electrons. The number of carbonyl (C=O) groups is 2. The molecule has 0 bridgehead atoms. The summed E-state index contributed by atoms with van der Waals surface area (Å²) in [6.07, 6.45) is 1.66. The van der Waals surface area contributed by atoms with E-state index in [2.05, 4.69) is 10.1 Å². The monoisotopic (exact) mass is 288 g/mol. The van der Waals surface area contributed by atoms with Crippen LogP contribution in [0.2, 0.25) is 0 Å². The average molecular weight is 288 g/mol. The molecule has 6 heteroatoms. The second-order valence-electron chi connectivity index (χ2n) is 4.46. The summed E-state index contributed by atoms with van der Waals surface area (Å²) < 4.78 is 9.74. The lowest BCUT2D eigenvalue weighted by Crippen LogP contribution is -2.13. The van der Waals surface area contributed by atoms with Gasteiger partial charge in [-0.25, -0.2) is 4.79 Å². The maximum atomic E-state index is 11.5. The van der Waals surface area contributed by atoms with Crippen molar-refractivity contribution in [2.75, 3.05) is 12.4 Å². The molecule has 0 spiro atoms. The van der Waals surface area contributed by atoms with Crippen molar-refractivity contribution in [1.82, 2.24) is 0 Å². The number of hydrogen-bond acceptors (Lipinski definition) is 5. The van der Waals surface area contributed by atoms with Gasteiger partial charge in [0, 0.05) is 17.8 Å². The number of nitrogens with two attached hydrogens (primary N) is 1. The topological polar surface area (TPSA) is 94.6 Å². The number of rotatable bonds is 6. The zero-order valence-electron chi connectivity index (χ0n) is 11.6. The third kappa shape index (κ3) is 3.85. The highest BCUT2D eigenvalue weighted by molar-refractivity contribution is 5.87. The molecule has 0 fully saturated rings. The van der Waals surface area contributed by atoms with Gasteiger partial charge in [0.25, 0.3) is 0 Å². The molecule has 1 aromatic heterocycles. The van der Waals surface area contributed by atoms with Gasteiger partial charge in [0.15, 0.2) is 0 Å². The standard InChI is InChI=1S/C15H16N2O4/c1-20-15(19)14-11(6-7-21-14)9-17-12-4-2-10(3-5-12)8-13(16)18/h2-7,17H,8-9H2,1H3,(H2,16,18). The van der Waals surface area contributed by atoms with Crippen molar-refractivity contribution in [1.29, 1.82) is 0 Å². The maximum absolute atomic E-state index is 11.5. The molecule has 0 saturated heterocycles. The number of methoxy groups -OCH3 is 1. The lowest BCUT2D eigenvalue weighted by Gasteiger charge is -2.07. The predicted molar refractivity (Wildman–Crippen MR) is 76.7 cm³/mol. The van der Waals surface area contributed by atoms with Gasteiger partial charge in [-0.2, -0.15) is 0 Å². The van der Waals surface area contributed by atoms with Crippen molar-refractivity contribution in [2.45, 2.75) is 13.0 Å². The van der Waals surface area contributed by atoms with E-state index in [1.807, 2.05) is 24.3 Å². The van der Waals surface area contributed by atoms with E-state index in [1.165, 1.54) is 13.4 Å². The summed E-state index contributed by atoms with van der Waals surface area (Å²) in [6, 6.07) is 9.04. The average Bonchev–Trinajstić information content (AvgIpc) is 2.93. The summed E-state index contributed by atoms with van der Waals surface area (Å²) in [7, 11) is 1.31. The van der Waals surface area contributed by atoms with E-state index in [9.17, 15) is 9.59 Å². The highest BCUT2D eigenvalue weighted by Crippen LogP contribution is 2.15. The molecule has 0 aliphatic rings. The van der Waals surface area contributed by atoms with Crippen molar-refractivity contribution < 1.29 is 18.7 Å². The molecule has 110 valence electrons. The van der Waals surface area contributed by atoms with Crippen molar-refractivity contribution in [2.24, 2.45) is 5.73 Å². The van der Waals surface area contributed by atoms with Crippen LogP contribution in [0, 0.1) is 0 Å². The fourth-order valence-electron chi connectivity index (χ4n) is 1.89. The van der Waals surface area contributed by atoms with Crippen LogP contribution in [0.3, 0.4) is 0 Å². The molecular weight excluding hydrogens is 272 g/mol. The number of ether oxygens (including phenoxy) is 1. The van der Waals surface area contributed by atoms with Crippen LogP contribution in [-0.2, 0) is 22.5 Å². The molecule has 1 amide bonds. The summed E-state index contributed by atoms with van der Waals surface area (Å²) in [6.45, 7) is 0.427. The third-order valence-electron chi connectivity index (χ3n) is 2.93. The number of nitrogens with one attached hydrogen (secondary N) is 1. The second-order valence-corrected chi connectivity index (χ2v) is 4.46. The maximum Gasteiger partial charge on any atom is 0.374 e. The first kappa shape index (κ1) is 14.6. The van der Waals surface area contributed by atoms with Crippen LogP contribution in [0.25, 0.3) is 0 Å². The molecule has 2 rings (SSSR count). The Balaban J connectivity index is 1.98. The first-order valence-electron chi connectivity index (χ1n) is 6.36. The first-order chi connectivity index (χ1) is 10.1. The zero-order chi connectivity index (χ0) is 15.2. The summed E-state index contributed by atoms with van der Waals surface area (Å²) >= 11 is 0. The molecule has 0 atom stereocenters. The Morgan fingerprint density at radius 3 is 2.57 bits per heavy atom. The predicted octanol–water partition coefficient (Wildman–Crippen LogP) is 1.71. The van der Waals surface area contributed by atoms with Crippen molar-refractivity contribution in [3.63, 3.8) is 0 Å². The van der Waals surface area contributed by atoms with Gasteiger partial charge in [-0.05, 0) is 23.8 Å². The molecule has 6 nitrogen and oxygen atoms in total. The van der Waals surface area contributed by atoms with Gasteiger partial charge >= 0.3 is 5.97 Å². The van der Waals surface area contributed by atoms with Gasteiger partial charge in [0.1, 0.15) is 0 Å². The minimum absolute atomic E-state index is 0.190. The number of primary amides is 1. The molecule has 1 aromatic carbocycles. The van der Waals surface area contributed by atoms with E-state index in [0.717, 1.165) is 11.3 Å². The number of amides is 1. The molecular formula is C15H16N2O4. The number of benzene rings is 1. The fraction of sp³-hybridized carbons (Fsp3) is 0.200. The van der Waals surface area contributed by atoms with E-state index in [-0.39, 0.29) is 18.1 Å². The Hall–Kier alpha value is -2.76. The van der Waals surface area contributed by atoms with Gasteiger partial charge in [0.2, 0.25) is 11.7 Å². The van der Waals surface area contributed by atoms with Gasteiger partial charge in [-0.15, -0.1) is 0 Å². The van der Waals surface area contributed by atoms with Crippen molar-refractivity contribution in [3.05, 3.63) is 53.5 Å². The molecule has 1 heterocycles. The molecule has 0 saturated carbocycles. The van der Waals surface area contributed by atoms with Gasteiger partial charge in [-0.3, -0.25) is 4.79 Å². The first-order valence-corrected chi connectivity index (χ1v) is 6.36. The summed E-state index contributed by atoms with van der Waals surface area (Å²) in [5, 5.41) is 3.16. The lowest BCUT2D eigenvalue weighted by molar-refractivity contribution is -0.117. The Bertz CT molecular complexity index is 631. The third-order valence-corrected chi connectivity index (χ3v) is 2.93. The minimum atomic E-state index is -0.506.